The summed E-state index contributed by atoms with van der Waals surface area (Å²) < 4.78 is 5.16. The van der Waals surface area contributed by atoms with E-state index in [9.17, 15) is 0 Å². The summed E-state index contributed by atoms with van der Waals surface area (Å²) in [6, 6.07) is 2.05. The van der Waals surface area contributed by atoms with E-state index in [0.29, 0.717) is 5.92 Å². The minimum absolute atomic E-state index is 0.411. The first-order chi connectivity index (χ1) is 6.40. The summed E-state index contributed by atoms with van der Waals surface area (Å²) >= 11 is 0. The molecule has 1 unspecified atom stereocenters. The Hall–Kier alpha value is -1.31. The van der Waals surface area contributed by atoms with Crippen LogP contribution in [-0.2, 0) is 6.42 Å². The molecule has 1 atom stereocenters. The molecule has 0 N–H and O–H groups in total. The van der Waals surface area contributed by atoms with Gasteiger partial charge in [0.1, 0.15) is 5.76 Å². The van der Waals surface area contributed by atoms with Crippen LogP contribution in [0.2, 0.25) is 0 Å². The van der Waals surface area contributed by atoms with E-state index in [0.717, 1.165) is 24.3 Å². The lowest BCUT2D eigenvalue weighted by Crippen LogP contribution is -1.95. The van der Waals surface area contributed by atoms with Gasteiger partial charge in [0, 0.05) is 18.4 Å². The van der Waals surface area contributed by atoms with Crippen LogP contribution in [0.4, 0.5) is 0 Å². The molecule has 0 fully saturated rings. The maximum atomic E-state index is 5.16. The summed E-state index contributed by atoms with van der Waals surface area (Å²) in [6.45, 7) is 2.07. The number of aryl methyl sites for hydroxylation is 1. The van der Waals surface area contributed by atoms with Crippen molar-refractivity contribution in [1.82, 2.24) is 5.16 Å². The summed E-state index contributed by atoms with van der Waals surface area (Å²) in [5, 5.41) is 4.05. The fourth-order valence-corrected chi connectivity index (χ4v) is 1.47. The zero-order valence-electron chi connectivity index (χ0n) is 7.73. The lowest BCUT2D eigenvalue weighted by atomic mass is 9.97. The average Bonchev–Trinajstić information content (AvgIpc) is 2.67. The van der Waals surface area contributed by atoms with Crippen LogP contribution < -0.4 is 0 Å². The van der Waals surface area contributed by atoms with Crippen molar-refractivity contribution < 1.29 is 4.52 Å². The van der Waals surface area contributed by atoms with Crippen molar-refractivity contribution in [2.24, 2.45) is 0 Å². The van der Waals surface area contributed by atoms with E-state index in [-0.39, 0.29) is 0 Å². The van der Waals surface area contributed by atoms with E-state index in [1.807, 2.05) is 6.07 Å². The first-order valence-electron chi connectivity index (χ1n) is 4.69. The van der Waals surface area contributed by atoms with Crippen molar-refractivity contribution in [3.8, 4) is 0 Å². The Morgan fingerprint density at radius 1 is 1.54 bits per heavy atom. The van der Waals surface area contributed by atoms with Crippen LogP contribution in [0.25, 0.3) is 0 Å². The summed E-state index contributed by atoms with van der Waals surface area (Å²) in [5.74, 6) is 1.38. The summed E-state index contributed by atoms with van der Waals surface area (Å²) in [4.78, 5) is 0. The van der Waals surface area contributed by atoms with Gasteiger partial charge in [0.25, 0.3) is 0 Å². The number of rotatable bonds is 2. The molecule has 0 bridgehead atoms. The van der Waals surface area contributed by atoms with Crippen LogP contribution in [0, 0.1) is 0 Å². The van der Waals surface area contributed by atoms with Gasteiger partial charge in [-0.05, 0) is 6.42 Å². The highest BCUT2D eigenvalue weighted by atomic mass is 16.5. The fourth-order valence-electron chi connectivity index (χ4n) is 1.47. The van der Waals surface area contributed by atoms with E-state index in [1.165, 1.54) is 0 Å². The van der Waals surface area contributed by atoms with Crippen LogP contribution in [0.5, 0.6) is 0 Å². The Labute approximate surface area is 77.9 Å². The second-order valence-electron chi connectivity index (χ2n) is 3.23. The van der Waals surface area contributed by atoms with Crippen LogP contribution in [0.1, 0.15) is 30.7 Å². The molecule has 0 saturated carbocycles. The molecule has 1 aromatic heterocycles. The van der Waals surface area contributed by atoms with Crippen LogP contribution in [0.15, 0.2) is 34.9 Å². The third kappa shape index (κ3) is 1.72. The molecule has 1 aromatic rings. The molecule has 0 saturated heterocycles. The minimum atomic E-state index is 0.411. The molecule has 2 heteroatoms. The monoisotopic (exact) mass is 175 g/mol. The molecule has 1 heterocycles. The first kappa shape index (κ1) is 8.30. The Balaban J connectivity index is 2.16. The zero-order chi connectivity index (χ0) is 9.10. The predicted octanol–water partition coefficient (Wildman–Crippen LogP) is 2.84. The zero-order valence-corrected chi connectivity index (χ0v) is 7.73. The van der Waals surface area contributed by atoms with Gasteiger partial charge >= 0.3 is 0 Å². The van der Waals surface area contributed by atoms with Gasteiger partial charge in [-0.15, -0.1) is 0 Å². The van der Waals surface area contributed by atoms with Gasteiger partial charge in [0.15, 0.2) is 0 Å². The number of hydrogen-bond acceptors (Lipinski definition) is 2. The maximum Gasteiger partial charge on any atom is 0.136 e. The van der Waals surface area contributed by atoms with Crippen molar-refractivity contribution in [2.75, 3.05) is 0 Å². The third-order valence-corrected chi connectivity index (χ3v) is 2.29. The molecule has 13 heavy (non-hydrogen) atoms. The molecule has 0 aromatic carbocycles. The number of aromatic nitrogens is 1. The second-order valence-corrected chi connectivity index (χ2v) is 3.23. The summed E-state index contributed by atoms with van der Waals surface area (Å²) in [7, 11) is 0. The standard InChI is InChI=1S/C11H13NO/c1-2-10-8-11(12-13-10)9-6-4-3-5-7-9/h3-6,8-9H,2,7H2,1H3. The fraction of sp³-hybridized carbons (Fsp3) is 0.364. The highest BCUT2D eigenvalue weighted by Crippen LogP contribution is 2.23. The van der Waals surface area contributed by atoms with Gasteiger partial charge < -0.3 is 4.52 Å². The number of hydrogen-bond donors (Lipinski definition) is 0. The molecule has 2 rings (SSSR count). The first-order valence-corrected chi connectivity index (χ1v) is 4.69. The topological polar surface area (TPSA) is 26.0 Å². The predicted molar refractivity (Wildman–Crippen MR) is 51.5 cm³/mol. The molecular weight excluding hydrogens is 162 g/mol. The van der Waals surface area contributed by atoms with Crippen molar-refractivity contribution in [1.29, 1.82) is 0 Å². The van der Waals surface area contributed by atoms with Crippen LogP contribution >= 0.6 is 0 Å². The molecular formula is C11H13NO. The lowest BCUT2D eigenvalue weighted by Gasteiger charge is -2.07. The molecule has 0 aliphatic heterocycles. The van der Waals surface area contributed by atoms with Crippen molar-refractivity contribution in [3.05, 3.63) is 41.8 Å². The van der Waals surface area contributed by atoms with Gasteiger partial charge in [-0.3, -0.25) is 0 Å². The molecule has 0 amide bonds. The molecule has 0 radical (unpaired) electrons. The molecule has 68 valence electrons. The SMILES string of the molecule is CCc1cc(C2C=CC=CC2)no1. The summed E-state index contributed by atoms with van der Waals surface area (Å²) in [5.41, 5.74) is 1.05. The largest absolute Gasteiger partial charge is 0.361 e. The van der Waals surface area contributed by atoms with E-state index >= 15 is 0 Å². The van der Waals surface area contributed by atoms with Crippen molar-refractivity contribution in [2.45, 2.75) is 25.7 Å². The van der Waals surface area contributed by atoms with Gasteiger partial charge in [0.2, 0.25) is 0 Å². The minimum Gasteiger partial charge on any atom is -0.361 e. The maximum absolute atomic E-state index is 5.16. The average molecular weight is 175 g/mol. The van der Waals surface area contributed by atoms with E-state index < -0.39 is 0 Å². The highest BCUT2D eigenvalue weighted by molar-refractivity contribution is 5.23. The molecule has 1 aliphatic carbocycles. The van der Waals surface area contributed by atoms with E-state index in [2.05, 4.69) is 36.4 Å². The quantitative estimate of drug-likeness (QED) is 0.690. The van der Waals surface area contributed by atoms with Gasteiger partial charge in [-0.2, -0.15) is 0 Å². The molecule has 2 nitrogen and oxygen atoms in total. The van der Waals surface area contributed by atoms with Crippen molar-refractivity contribution in [3.63, 3.8) is 0 Å². The normalized spacial score (nSPS) is 20.8. The van der Waals surface area contributed by atoms with E-state index in [4.69, 9.17) is 4.52 Å². The Bertz CT molecular complexity index is 336. The highest BCUT2D eigenvalue weighted by Gasteiger charge is 2.12. The lowest BCUT2D eigenvalue weighted by molar-refractivity contribution is 0.378. The Morgan fingerprint density at radius 2 is 2.46 bits per heavy atom. The molecule has 1 aliphatic rings. The smallest absolute Gasteiger partial charge is 0.136 e. The van der Waals surface area contributed by atoms with Crippen LogP contribution in [0.3, 0.4) is 0 Å². The van der Waals surface area contributed by atoms with Crippen molar-refractivity contribution >= 4 is 0 Å². The Morgan fingerprint density at radius 3 is 3.08 bits per heavy atom. The van der Waals surface area contributed by atoms with E-state index in [1.54, 1.807) is 0 Å². The second kappa shape index (κ2) is 3.60. The Kier molecular flexibility index (Phi) is 2.30. The van der Waals surface area contributed by atoms with Gasteiger partial charge in [-0.25, -0.2) is 0 Å². The van der Waals surface area contributed by atoms with Crippen LogP contribution in [-0.4, -0.2) is 5.16 Å². The van der Waals surface area contributed by atoms with Gasteiger partial charge in [-0.1, -0.05) is 36.4 Å². The van der Waals surface area contributed by atoms with Gasteiger partial charge in [0.05, 0.1) is 5.69 Å². The number of allylic oxidation sites excluding steroid dienone is 4. The summed E-state index contributed by atoms with van der Waals surface area (Å²) in [6.07, 6.45) is 10.4. The third-order valence-electron chi connectivity index (χ3n) is 2.29. The molecule has 0 spiro atoms. The number of nitrogens with zero attached hydrogens (tertiary/aromatic N) is 1.